The number of aliphatic hydroxyl groups is 1. The van der Waals surface area contributed by atoms with Gasteiger partial charge in [-0.15, -0.1) is 0 Å². The van der Waals surface area contributed by atoms with Crippen molar-refractivity contribution in [2.75, 3.05) is 6.61 Å². The third-order valence-electron chi connectivity index (χ3n) is 0.756. The zero-order valence-corrected chi connectivity index (χ0v) is 8.92. The van der Waals surface area contributed by atoms with Gasteiger partial charge in [-0.1, -0.05) is 18.2 Å². The Kier molecular flexibility index (Phi) is 10.2. The molecule has 0 aliphatic carbocycles. The summed E-state index contributed by atoms with van der Waals surface area (Å²) in [6.07, 6.45) is 0. The first-order valence-electron chi connectivity index (χ1n) is 3.86. The van der Waals surface area contributed by atoms with Crippen LogP contribution in [0, 0.1) is 0 Å². The van der Waals surface area contributed by atoms with Crippen molar-refractivity contribution in [3.63, 3.8) is 0 Å². The van der Waals surface area contributed by atoms with Gasteiger partial charge in [-0.05, 0) is 19.1 Å². The number of benzene rings is 1. The summed E-state index contributed by atoms with van der Waals surface area (Å²) < 4.78 is 31.6. The van der Waals surface area contributed by atoms with Gasteiger partial charge in [-0.25, -0.2) is 0 Å². The number of hydrogen-bond acceptors (Lipinski definition) is 4. The molecule has 15 heavy (non-hydrogen) atoms. The van der Waals surface area contributed by atoms with Crippen molar-refractivity contribution in [3.8, 4) is 5.75 Å². The summed E-state index contributed by atoms with van der Waals surface area (Å²) in [7, 11) is -4.67. The minimum Gasteiger partial charge on any atom is -0.508 e. The Labute approximate surface area is 88.4 Å². The van der Waals surface area contributed by atoms with Crippen LogP contribution in [0.15, 0.2) is 30.3 Å². The van der Waals surface area contributed by atoms with E-state index < -0.39 is 10.4 Å². The molecule has 0 aliphatic rings. The van der Waals surface area contributed by atoms with Crippen molar-refractivity contribution in [1.29, 1.82) is 0 Å². The molecule has 0 saturated carbocycles. The van der Waals surface area contributed by atoms with Gasteiger partial charge >= 0.3 is 10.4 Å². The van der Waals surface area contributed by atoms with Crippen molar-refractivity contribution in [2.45, 2.75) is 6.92 Å². The number of aliphatic hydroxyl groups excluding tert-OH is 1. The van der Waals surface area contributed by atoms with Gasteiger partial charge in [0.25, 0.3) is 0 Å². The normalized spacial score (nSPS) is 9.07. The van der Waals surface area contributed by atoms with E-state index in [4.69, 9.17) is 27.7 Å². The topological polar surface area (TPSA) is 115 Å². The molecule has 0 amide bonds. The van der Waals surface area contributed by atoms with Crippen LogP contribution < -0.4 is 0 Å². The van der Waals surface area contributed by atoms with Gasteiger partial charge < -0.3 is 10.2 Å². The van der Waals surface area contributed by atoms with E-state index in [9.17, 15) is 0 Å². The lowest BCUT2D eigenvalue weighted by molar-refractivity contribution is 0.318. The van der Waals surface area contributed by atoms with Crippen LogP contribution in [-0.2, 0) is 10.4 Å². The van der Waals surface area contributed by atoms with Crippen molar-refractivity contribution in [1.82, 2.24) is 0 Å². The maximum Gasteiger partial charge on any atom is 0.394 e. The Balaban J connectivity index is 0. The molecular weight excluding hydrogens is 224 g/mol. The van der Waals surface area contributed by atoms with E-state index in [1.807, 2.05) is 6.07 Å². The molecule has 0 aliphatic heterocycles. The number of rotatable bonds is 0. The number of aromatic hydroxyl groups is 1. The zero-order chi connectivity index (χ0) is 12.3. The molecule has 1 rings (SSSR count). The van der Waals surface area contributed by atoms with Crippen molar-refractivity contribution in [3.05, 3.63) is 30.3 Å². The Morgan fingerprint density at radius 1 is 1.13 bits per heavy atom. The smallest absolute Gasteiger partial charge is 0.394 e. The highest BCUT2D eigenvalue weighted by molar-refractivity contribution is 7.79. The molecule has 1 aromatic carbocycles. The third-order valence-corrected chi connectivity index (χ3v) is 0.756. The molecular formula is C8H14O6S. The van der Waals surface area contributed by atoms with E-state index in [0.717, 1.165) is 0 Å². The summed E-state index contributed by atoms with van der Waals surface area (Å²) in [5.41, 5.74) is 0. The second-order valence-corrected chi connectivity index (χ2v) is 3.00. The maximum absolute atomic E-state index is 8.74. The van der Waals surface area contributed by atoms with E-state index in [1.165, 1.54) is 0 Å². The summed E-state index contributed by atoms with van der Waals surface area (Å²) in [4.78, 5) is 0. The fraction of sp³-hybridized carbons (Fsp3) is 0.250. The Hall–Kier alpha value is -1.15. The highest BCUT2D eigenvalue weighted by Gasteiger charge is 1.84. The Bertz CT molecular complexity index is 312. The van der Waals surface area contributed by atoms with Gasteiger partial charge in [-0.2, -0.15) is 8.42 Å². The lowest BCUT2D eigenvalue weighted by Crippen LogP contribution is -1.89. The van der Waals surface area contributed by atoms with Crippen molar-refractivity contribution >= 4 is 10.4 Å². The molecule has 0 unspecified atom stereocenters. The lowest BCUT2D eigenvalue weighted by atomic mass is 10.3. The highest BCUT2D eigenvalue weighted by Crippen LogP contribution is 2.02. The average molecular weight is 238 g/mol. The van der Waals surface area contributed by atoms with Gasteiger partial charge in [0.05, 0.1) is 0 Å². The van der Waals surface area contributed by atoms with Crippen LogP contribution in [0.2, 0.25) is 0 Å². The minimum absolute atomic E-state index is 0.250. The molecule has 6 nitrogen and oxygen atoms in total. The maximum atomic E-state index is 8.74. The summed E-state index contributed by atoms with van der Waals surface area (Å²) in [6.45, 7) is 1.93. The Morgan fingerprint density at radius 2 is 1.40 bits per heavy atom. The van der Waals surface area contributed by atoms with E-state index in [1.54, 1.807) is 31.2 Å². The molecule has 0 saturated heterocycles. The van der Waals surface area contributed by atoms with Gasteiger partial charge in [0, 0.05) is 6.61 Å². The molecule has 0 atom stereocenters. The van der Waals surface area contributed by atoms with Crippen LogP contribution in [0.25, 0.3) is 0 Å². The molecule has 0 aromatic heterocycles. The first-order valence-corrected chi connectivity index (χ1v) is 5.25. The lowest BCUT2D eigenvalue weighted by Gasteiger charge is -1.82. The van der Waals surface area contributed by atoms with Crippen LogP contribution in [0.5, 0.6) is 5.75 Å². The largest absolute Gasteiger partial charge is 0.508 e. The second-order valence-electron chi connectivity index (χ2n) is 2.10. The molecule has 0 fully saturated rings. The predicted molar refractivity (Wildman–Crippen MR) is 55.0 cm³/mol. The van der Waals surface area contributed by atoms with Crippen LogP contribution in [0.1, 0.15) is 6.92 Å². The van der Waals surface area contributed by atoms with Crippen molar-refractivity contribution < 1.29 is 27.7 Å². The standard InChI is InChI=1S/C6H6O.C2H6O.H2O4S/c7-6-4-2-1-3-5-6;1-2-3;1-5(2,3)4/h1-5,7H;3H,2H2,1H3;(H2,1,2,3,4). The number of phenolic OH excluding ortho intramolecular Hbond substituents is 1. The van der Waals surface area contributed by atoms with E-state index in [0.29, 0.717) is 5.75 Å². The minimum atomic E-state index is -4.67. The van der Waals surface area contributed by atoms with Crippen LogP contribution in [0.3, 0.4) is 0 Å². The summed E-state index contributed by atoms with van der Waals surface area (Å²) in [5.74, 6) is 0.322. The molecule has 0 spiro atoms. The van der Waals surface area contributed by atoms with Crippen LogP contribution in [0.4, 0.5) is 0 Å². The molecule has 88 valence electrons. The van der Waals surface area contributed by atoms with Gasteiger partial charge in [0.1, 0.15) is 5.75 Å². The van der Waals surface area contributed by atoms with E-state index >= 15 is 0 Å². The quantitative estimate of drug-likeness (QED) is 0.495. The van der Waals surface area contributed by atoms with Crippen molar-refractivity contribution in [2.24, 2.45) is 0 Å². The van der Waals surface area contributed by atoms with E-state index in [2.05, 4.69) is 0 Å². The summed E-state index contributed by atoms with van der Waals surface area (Å²) >= 11 is 0. The fourth-order valence-electron chi connectivity index (χ4n) is 0.428. The first-order chi connectivity index (χ1) is 6.81. The number of phenols is 1. The van der Waals surface area contributed by atoms with E-state index in [-0.39, 0.29) is 6.61 Å². The molecule has 0 heterocycles. The third kappa shape index (κ3) is 32.2. The fourth-order valence-corrected chi connectivity index (χ4v) is 0.428. The summed E-state index contributed by atoms with van der Waals surface area (Å²) in [5, 5.41) is 16.2. The molecule has 0 bridgehead atoms. The number of para-hydroxylation sites is 1. The van der Waals surface area contributed by atoms with Crippen LogP contribution >= 0.6 is 0 Å². The Morgan fingerprint density at radius 3 is 1.53 bits per heavy atom. The monoisotopic (exact) mass is 238 g/mol. The summed E-state index contributed by atoms with van der Waals surface area (Å²) in [6, 6.07) is 8.71. The zero-order valence-electron chi connectivity index (χ0n) is 8.11. The molecule has 0 radical (unpaired) electrons. The second kappa shape index (κ2) is 9.41. The SMILES string of the molecule is CCO.O=S(=O)(O)O.Oc1ccccc1. The molecule has 7 heteroatoms. The van der Waals surface area contributed by atoms with Gasteiger partial charge in [0.15, 0.2) is 0 Å². The molecule has 1 aromatic rings. The molecule has 4 N–H and O–H groups in total. The first kappa shape index (κ1) is 16.3. The highest BCUT2D eigenvalue weighted by atomic mass is 32.3. The number of hydrogen-bond donors (Lipinski definition) is 4. The van der Waals surface area contributed by atoms with Gasteiger partial charge in [-0.3, -0.25) is 9.11 Å². The van der Waals surface area contributed by atoms with Gasteiger partial charge in [0.2, 0.25) is 0 Å². The average Bonchev–Trinajstić information content (AvgIpc) is 2.03. The predicted octanol–water partition coefficient (Wildman–Crippen LogP) is 0.738. The van der Waals surface area contributed by atoms with Crippen LogP contribution in [-0.4, -0.2) is 34.3 Å².